The van der Waals surface area contributed by atoms with Crippen LogP contribution >= 0.6 is 11.6 Å². The van der Waals surface area contributed by atoms with Crippen molar-refractivity contribution in [2.75, 3.05) is 14.2 Å². The molecule has 0 atom stereocenters. The van der Waals surface area contributed by atoms with Crippen LogP contribution in [0.25, 0.3) is 10.9 Å². The van der Waals surface area contributed by atoms with Crippen molar-refractivity contribution in [3.8, 4) is 23.0 Å². The smallest absolute Gasteiger partial charge is 0.162 e. The SMILES string of the molecule is COc1cc2nccc(Oc3ccc(CC(=O)CC(=O)Cc4ccccc4)cc3Cl)c2cc1OC. The zero-order chi connectivity index (χ0) is 24.8. The molecule has 7 heteroatoms. The second kappa shape index (κ2) is 11.0. The van der Waals surface area contributed by atoms with Crippen molar-refractivity contribution in [3.05, 3.63) is 89.1 Å². The van der Waals surface area contributed by atoms with E-state index in [-0.39, 0.29) is 30.8 Å². The zero-order valence-corrected chi connectivity index (χ0v) is 20.2. The highest BCUT2D eigenvalue weighted by Gasteiger charge is 2.15. The average Bonchev–Trinajstić information content (AvgIpc) is 2.85. The number of ketones is 2. The number of hydrogen-bond donors (Lipinski definition) is 0. The fraction of sp³-hybridized carbons (Fsp3) is 0.179. The first kappa shape index (κ1) is 24.2. The Balaban J connectivity index is 1.45. The Kier molecular flexibility index (Phi) is 7.63. The van der Waals surface area contributed by atoms with Gasteiger partial charge in [-0.1, -0.05) is 48.0 Å². The molecule has 0 aliphatic rings. The number of Topliss-reactive ketones (excluding diaryl/α,β-unsaturated/α-hetero) is 2. The maximum atomic E-state index is 12.4. The molecule has 178 valence electrons. The molecule has 35 heavy (non-hydrogen) atoms. The number of hydrogen-bond acceptors (Lipinski definition) is 6. The van der Waals surface area contributed by atoms with Crippen molar-refractivity contribution in [1.82, 2.24) is 4.98 Å². The number of rotatable bonds is 10. The van der Waals surface area contributed by atoms with E-state index in [9.17, 15) is 9.59 Å². The van der Waals surface area contributed by atoms with Crippen LogP contribution in [0.15, 0.2) is 72.9 Å². The van der Waals surface area contributed by atoms with Crippen molar-refractivity contribution in [3.63, 3.8) is 0 Å². The van der Waals surface area contributed by atoms with Crippen molar-refractivity contribution in [2.24, 2.45) is 0 Å². The van der Waals surface area contributed by atoms with E-state index in [0.717, 1.165) is 10.9 Å². The Bertz CT molecular complexity index is 1370. The van der Waals surface area contributed by atoms with Crippen LogP contribution in [-0.2, 0) is 22.4 Å². The van der Waals surface area contributed by atoms with Gasteiger partial charge in [0, 0.05) is 30.5 Å². The van der Waals surface area contributed by atoms with E-state index in [2.05, 4.69) is 4.98 Å². The molecule has 4 aromatic rings. The highest BCUT2D eigenvalue weighted by Crippen LogP contribution is 2.38. The number of fused-ring (bicyclic) bond motifs is 1. The minimum Gasteiger partial charge on any atom is -0.493 e. The number of halogens is 1. The van der Waals surface area contributed by atoms with Gasteiger partial charge in [-0.05, 0) is 35.4 Å². The van der Waals surface area contributed by atoms with Gasteiger partial charge in [0.25, 0.3) is 0 Å². The van der Waals surface area contributed by atoms with Gasteiger partial charge < -0.3 is 14.2 Å². The summed E-state index contributed by atoms with van der Waals surface area (Å²) in [5, 5.41) is 1.09. The Hall–Kier alpha value is -3.90. The zero-order valence-electron chi connectivity index (χ0n) is 19.4. The van der Waals surface area contributed by atoms with Crippen molar-refractivity contribution in [2.45, 2.75) is 19.3 Å². The Labute approximate surface area is 208 Å². The van der Waals surface area contributed by atoms with Crippen molar-refractivity contribution < 1.29 is 23.8 Å². The van der Waals surface area contributed by atoms with Crippen LogP contribution in [0.2, 0.25) is 5.02 Å². The maximum Gasteiger partial charge on any atom is 0.162 e. The van der Waals surface area contributed by atoms with Gasteiger partial charge in [-0.15, -0.1) is 0 Å². The number of ether oxygens (including phenoxy) is 3. The van der Waals surface area contributed by atoms with E-state index in [1.54, 1.807) is 56.8 Å². The number of carbonyl (C=O) groups is 2. The molecule has 0 unspecified atom stereocenters. The molecule has 0 N–H and O–H groups in total. The predicted octanol–water partition coefficient (Wildman–Crippen LogP) is 6.01. The summed E-state index contributed by atoms with van der Waals surface area (Å²) in [7, 11) is 3.13. The van der Waals surface area contributed by atoms with Crippen LogP contribution < -0.4 is 14.2 Å². The lowest BCUT2D eigenvalue weighted by atomic mass is 10.0. The first-order valence-corrected chi connectivity index (χ1v) is 11.4. The van der Waals surface area contributed by atoms with Gasteiger partial charge in [0.05, 0.1) is 31.2 Å². The predicted molar refractivity (Wildman–Crippen MR) is 135 cm³/mol. The molecular formula is C28H24ClNO5. The van der Waals surface area contributed by atoms with Crippen molar-refractivity contribution in [1.29, 1.82) is 0 Å². The Morgan fingerprint density at radius 1 is 0.771 bits per heavy atom. The van der Waals surface area contributed by atoms with E-state index < -0.39 is 0 Å². The molecule has 6 nitrogen and oxygen atoms in total. The monoisotopic (exact) mass is 489 g/mol. The van der Waals surface area contributed by atoms with Gasteiger partial charge in [-0.3, -0.25) is 14.6 Å². The molecule has 0 fully saturated rings. The van der Waals surface area contributed by atoms with Gasteiger partial charge in [0.1, 0.15) is 23.1 Å². The lowest BCUT2D eigenvalue weighted by Crippen LogP contribution is -2.12. The fourth-order valence-corrected chi connectivity index (χ4v) is 4.03. The van der Waals surface area contributed by atoms with Crippen molar-refractivity contribution >= 4 is 34.1 Å². The molecule has 0 saturated carbocycles. The number of methoxy groups -OCH3 is 2. The van der Waals surface area contributed by atoms with E-state index in [0.29, 0.717) is 39.1 Å². The molecule has 0 amide bonds. The summed E-state index contributed by atoms with van der Waals surface area (Å²) in [4.78, 5) is 29.0. The Morgan fingerprint density at radius 2 is 1.46 bits per heavy atom. The summed E-state index contributed by atoms with van der Waals surface area (Å²) >= 11 is 6.47. The molecule has 0 bridgehead atoms. The lowest BCUT2D eigenvalue weighted by molar-refractivity contribution is -0.126. The summed E-state index contributed by atoms with van der Waals surface area (Å²) in [5.41, 5.74) is 2.29. The van der Waals surface area contributed by atoms with E-state index in [1.807, 2.05) is 30.3 Å². The highest BCUT2D eigenvalue weighted by molar-refractivity contribution is 6.32. The van der Waals surface area contributed by atoms with E-state index in [4.69, 9.17) is 25.8 Å². The highest BCUT2D eigenvalue weighted by atomic mass is 35.5. The van der Waals surface area contributed by atoms with Crippen LogP contribution in [0, 0.1) is 0 Å². The van der Waals surface area contributed by atoms with Crippen LogP contribution in [0.3, 0.4) is 0 Å². The summed E-state index contributed by atoms with van der Waals surface area (Å²) < 4.78 is 16.8. The molecule has 0 spiro atoms. The van der Waals surface area contributed by atoms with E-state index >= 15 is 0 Å². The third-order valence-electron chi connectivity index (χ3n) is 5.46. The number of nitrogens with zero attached hydrogens (tertiary/aromatic N) is 1. The molecular weight excluding hydrogens is 466 g/mol. The molecule has 0 radical (unpaired) electrons. The number of aromatic nitrogens is 1. The molecule has 1 heterocycles. The molecule has 3 aromatic carbocycles. The fourth-order valence-electron chi connectivity index (χ4n) is 3.79. The Morgan fingerprint density at radius 3 is 2.14 bits per heavy atom. The molecule has 1 aromatic heterocycles. The first-order chi connectivity index (χ1) is 17.0. The van der Waals surface area contributed by atoms with E-state index in [1.165, 1.54) is 0 Å². The largest absolute Gasteiger partial charge is 0.493 e. The third-order valence-corrected chi connectivity index (χ3v) is 5.76. The van der Waals surface area contributed by atoms with Gasteiger partial charge in [0.15, 0.2) is 11.5 Å². The summed E-state index contributed by atoms with van der Waals surface area (Å²) in [6, 6.07) is 19.9. The quantitative estimate of drug-likeness (QED) is 0.254. The summed E-state index contributed by atoms with van der Waals surface area (Å²) in [5.74, 6) is 1.85. The number of pyridine rings is 1. The maximum absolute atomic E-state index is 12.4. The molecule has 0 aliphatic carbocycles. The third kappa shape index (κ3) is 5.97. The first-order valence-electron chi connectivity index (χ1n) is 11.0. The topological polar surface area (TPSA) is 74.7 Å². The second-order valence-electron chi connectivity index (χ2n) is 7.99. The lowest BCUT2D eigenvalue weighted by Gasteiger charge is -2.13. The summed E-state index contributed by atoms with van der Waals surface area (Å²) in [6.45, 7) is 0. The molecule has 0 saturated heterocycles. The van der Waals surface area contributed by atoms with Gasteiger partial charge >= 0.3 is 0 Å². The standard InChI is InChI=1S/C28H24ClNO5/c1-33-27-16-22-24(17-28(27)34-2)30-11-10-25(22)35-26-9-8-19(14-23(26)29)13-21(32)15-20(31)12-18-6-4-3-5-7-18/h3-11,14,16-17H,12-13,15H2,1-2H3. The molecule has 0 aliphatic heterocycles. The van der Waals surface area contributed by atoms with Gasteiger partial charge in [-0.2, -0.15) is 0 Å². The second-order valence-corrected chi connectivity index (χ2v) is 8.40. The summed E-state index contributed by atoms with van der Waals surface area (Å²) in [6.07, 6.45) is 1.89. The minimum atomic E-state index is -0.156. The normalized spacial score (nSPS) is 10.7. The number of benzene rings is 3. The van der Waals surface area contributed by atoms with Crippen LogP contribution in [0.4, 0.5) is 0 Å². The average molecular weight is 490 g/mol. The van der Waals surface area contributed by atoms with Crippen LogP contribution in [-0.4, -0.2) is 30.8 Å². The molecule has 4 rings (SSSR count). The van der Waals surface area contributed by atoms with Crippen LogP contribution in [0.5, 0.6) is 23.0 Å². The minimum absolute atomic E-state index is 0.108. The number of carbonyl (C=O) groups excluding carboxylic acids is 2. The van der Waals surface area contributed by atoms with Gasteiger partial charge in [0.2, 0.25) is 0 Å². The van der Waals surface area contributed by atoms with Gasteiger partial charge in [-0.25, -0.2) is 0 Å². The van der Waals surface area contributed by atoms with Crippen LogP contribution in [0.1, 0.15) is 17.5 Å².